The average molecular weight is 273 g/mol. The summed E-state index contributed by atoms with van der Waals surface area (Å²) in [5.41, 5.74) is 9.53. The van der Waals surface area contributed by atoms with E-state index in [0.717, 1.165) is 16.7 Å². The highest BCUT2D eigenvalue weighted by atomic mass is 19.1. The first-order valence-electron chi connectivity index (χ1n) is 6.57. The van der Waals surface area contributed by atoms with Gasteiger partial charge in [-0.25, -0.2) is 4.39 Å². The molecule has 0 aliphatic carbocycles. The third kappa shape index (κ3) is 2.54. The molecule has 0 saturated carbocycles. The molecular weight excluding hydrogens is 253 g/mol. The van der Waals surface area contributed by atoms with Gasteiger partial charge >= 0.3 is 0 Å². The lowest BCUT2D eigenvalue weighted by Gasteiger charge is -2.29. The summed E-state index contributed by atoms with van der Waals surface area (Å²) in [6.45, 7) is 5.90. The van der Waals surface area contributed by atoms with Crippen LogP contribution in [-0.2, 0) is 5.54 Å². The first-order valence-corrected chi connectivity index (χ1v) is 6.57. The minimum absolute atomic E-state index is 0.317. The first-order chi connectivity index (χ1) is 9.36. The fourth-order valence-corrected chi connectivity index (χ4v) is 2.53. The highest BCUT2D eigenvalue weighted by Gasteiger charge is 2.29. The second-order valence-corrected chi connectivity index (χ2v) is 5.37. The Labute approximate surface area is 119 Å². The van der Waals surface area contributed by atoms with Crippen LogP contribution in [-0.4, -0.2) is 7.11 Å². The van der Waals surface area contributed by atoms with Crippen LogP contribution in [0.25, 0.3) is 0 Å². The maximum absolute atomic E-state index is 13.6. The SMILES string of the molecule is COc1ccc(F)cc1C(C)(N)c1cc(C)ccc1C. The third-order valence-electron chi connectivity index (χ3n) is 3.67. The third-order valence-corrected chi connectivity index (χ3v) is 3.67. The van der Waals surface area contributed by atoms with Crippen molar-refractivity contribution in [2.75, 3.05) is 7.11 Å². The highest BCUT2D eigenvalue weighted by Crippen LogP contribution is 2.35. The van der Waals surface area contributed by atoms with E-state index in [1.165, 1.54) is 12.1 Å². The molecule has 0 saturated heterocycles. The smallest absolute Gasteiger partial charge is 0.124 e. The lowest BCUT2D eigenvalue weighted by molar-refractivity contribution is 0.396. The van der Waals surface area contributed by atoms with E-state index in [1.807, 2.05) is 39.0 Å². The van der Waals surface area contributed by atoms with Gasteiger partial charge in [-0.3, -0.25) is 0 Å². The van der Waals surface area contributed by atoms with E-state index in [4.69, 9.17) is 10.5 Å². The number of rotatable bonds is 3. The summed E-state index contributed by atoms with van der Waals surface area (Å²) in [7, 11) is 1.57. The molecule has 106 valence electrons. The van der Waals surface area contributed by atoms with Crippen molar-refractivity contribution in [3.05, 3.63) is 64.5 Å². The van der Waals surface area contributed by atoms with E-state index in [2.05, 4.69) is 0 Å². The van der Waals surface area contributed by atoms with Crippen LogP contribution in [0, 0.1) is 19.7 Å². The summed E-state index contributed by atoms with van der Waals surface area (Å²) in [6.07, 6.45) is 0. The van der Waals surface area contributed by atoms with Crippen molar-refractivity contribution in [3.63, 3.8) is 0 Å². The zero-order valence-electron chi connectivity index (χ0n) is 12.3. The van der Waals surface area contributed by atoms with Gasteiger partial charge < -0.3 is 10.5 Å². The van der Waals surface area contributed by atoms with Crippen molar-refractivity contribution in [2.45, 2.75) is 26.3 Å². The Hall–Kier alpha value is -1.87. The average Bonchev–Trinajstić information content (AvgIpc) is 2.41. The summed E-state index contributed by atoms with van der Waals surface area (Å²) in [4.78, 5) is 0. The molecular formula is C17H20FNO. The molecule has 0 fully saturated rings. The van der Waals surface area contributed by atoms with Gasteiger partial charge in [0.05, 0.1) is 12.6 Å². The van der Waals surface area contributed by atoms with E-state index in [9.17, 15) is 4.39 Å². The summed E-state index contributed by atoms with van der Waals surface area (Å²) in [5, 5.41) is 0. The van der Waals surface area contributed by atoms with E-state index < -0.39 is 5.54 Å². The maximum Gasteiger partial charge on any atom is 0.124 e. The van der Waals surface area contributed by atoms with Crippen molar-refractivity contribution < 1.29 is 9.13 Å². The summed E-state index contributed by atoms with van der Waals surface area (Å²) >= 11 is 0. The normalized spacial score (nSPS) is 13.9. The van der Waals surface area contributed by atoms with Gasteiger partial charge in [0, 0.05) is 5.56 Å². The molecule has 2 aromatic rings. The molecule has 0 aromatic heterocycles. The predicted molar refractivity (Wildman–Crippen MR) is 79.5 cm³/mol. The zero-order valence-corrected chi connectivity index (χ0v) is 12.3. The van der Waals surface area contributed by atoms with Crippen LogP contribution >= 0.6 is 0 Å². The van der Waals surface area contributed by atoms with Crippen molar-refractivity contribution in [2.24, 2.45) is 5.73 Å². The number of nitrogens with two attached hydrogens (primary N) is 1. The molecule has 3 heteroatoms. The highest BCUT2D eigenvalue weighted by molar-refractivity contribution is 5.48. The molecule has 0 aliphatic rings. The maximum atomic E-state index is 13.6. The summed E-state index contributed by atoms with van der Waals surface area (Å²) in [5.74, 6) is 0.278. The topological polar surface area (TPSA) is 35.2 Å². The van der Waals surface area contributed by atoms with Gasteiger partial charge in [0.25, 0.3) is 0 Å². The first kappa shape index (κ1) is 14.5. The van der Waals surface area contributed by atoms with Crippen molar-refractivity contribution in [3.8, 4) is 5.75 Å². The largest absolute Gasteiger partial charge is 0.496 e. The van der Waals surface area contributed by atoms with Gasteiger partial charge in [0.15, 0.2) is 0 Å². The lowest BCUT2D eigenvalue weighted by Crippen LogP contribution is -2.35. The van der Waals surface area contributed by atoms with Crippen LogP contribution < -0.4 is 10.5 Å². The second-order valence-electron chi connectivity index (χ2n) is 5.37. The molecule has 0 bridgehead atoms. The Bertz CT molecular complexity index is 635. The molecule has 0 heterocycles. The Morgan fingerprint density at radius 1 is 1.05 bits per heavy atom. The summed E-state index contributed by atoms with van der Waals surface area (Å²) in [6, 6.07) is 10.5. The number of ether oxygens (including phenoxy) is 1. The van der Waals surface area contributed by atoms with Gasteiger partial charge in [-0.15, -0.1) is 0 Å². The molecule has 2 N–H and O–H groups in total. The number of hydrogen-bond donors (Lipinski definition) is 1. The fraction of sp³-hybridized carbons (Fsp3) is 0.294. The molecule has 1 atom stereocenters. The number of benzene rings is 2. The molecule has 0 amide bonds. The van der Waals surface area contributed by atoms with Crippen molar-refractivity contribution >= 4 is 0 Å². The number of halogens is 1. The van der Waals surface area contributed by atoms with Gasteiger partial charge in [-0.2, -0.15) is 0 Å². The molecule has 2 nitrogen and oxygen atoms in total. The Balaban J connectivity index is 2.65. The quantitative estimate of drug-likeness (QED) is 0.926. The Morgan fingerprint density at radius 3 is 2.40 bits per heavy atom. The zero-order chi connectivity index (χ0) is 14.9. The van der Waals surface area contributed by atoms with Crippen LogP contribution in [0.15, 0.2) is 36.4 Å². The van der Waals surface area contributed by atoms with Gasteiger partial charge in [-0.05, 0) is 50.1 Å². The van der Waals surface area contributed by atoms with Crippen LogP contribution in [0.2, 0.25) is 0 Å². The van der Waals surface area contributed by atoms with E-state index in [1.54, 1.807) is 13.2 Å². The molecule has 20 heavy (non-hydrogen) atoms. The van der Waals surface area contributed by atoms with Crippen LogP contribution in [0.3, 0.4) is 0 Å². The standard InChI is InChI=1S/C17H20FNO/c1-11-5-6-12(2)14(9-11)17(3,19)15-10-13(18)7-8-16(15)20-4/h5-10H,19H2,1-4H3. The van der Waals surface area contributed by atoms with Gasteiger partial charge in [0.2, 0.25) is 0 Å². The Kier molecular flexibility index (Phi) is 3.82. The molecule has 2 aromatic carbocycles. The minimum Gasteiger partial charge on any atom is -0.496 e. The molecule has 2 rings (SSSR count). The van der Waals surface area contributed by atoms with Crippen molar-refractivity contribution in [1.82, 2.24) is 0 Å². The van der Waals surface area contributed by atoms with Gasteiger partial charge in [0.1, 0.15) is 11.6 Å². The lowest BCUT2D eigenvalue weighted by atomic mass is 9.82. The Morgan fingerprint density at radius 2 is 1.75 bits per heavy atom. The summed E-state index contributed by atoms with van der Waals surface area (Å²) < 4.78 is 18.9. The minimum atomic E-state index is -0.816. The number of methoxy groups -OCH3 is 1. The van der Waals surface area contributed by atoms with Crippen LogP contribution in [0.5, 0.6) is 5.75 Å². The predicted octanol–water partition coefficient (Wildman–Crippen LogP) is 3.67. The molecule has 0 radical (unpaired) electrons. The number of aryl methyl sites for hydroxylation is 2. The van der Waals surface area contributed by atoms with Crippen molar-refractivity contribution in [1.29, 1.82) is 0 Å². The monoisotopic (exact) mass is 273 g/mol. The van der Waals surface area contributed by atoms with E-state index in [0.29, 0.717) is 11.3 Å². The molecule has 0 aliphatic heterocycles. The van der Waals surface area contributed by atoms with Gasteiger partial charge in [-0.1, -0.05) is 23.8 Å². The van der Waals surface area contributed by atoms with Crippen LogP contribution in [0.1, 0.15) is 29.2 Å². The molecule has 0 spiro atoms. The second kappa shape index (κ2) is 5.25. The van der Waals surface area contributed by atoms with Crippen LogP contribution in [0.4, 0.5) is 4.39 Å². The molecule has 1 unspecified atom stereocenters. The fourth-order valence-electron chi connectivity index (χ4n) is 2.53. The number of hydrogen-bond acceptors (Lipinski definition) is 2. The van der Waals surface area contributed by atoms with E-state index in [-0.39, 0.29) is 5.82 Å². The van der Waals surface area contributed by atoms with E-state index >= 15 is 0 Å².